The van der Waals surface area contributed by atoms with Crippen molar-refractivity contribution in [3.8, 4) is 0 Å². The number of benzene rings is 1. The van der Waals surface area contributed by atoms with Crippen molar-refractivity contribution in [2.24, 2.45) is 4.99 Å². The molecule has 0 saturated heterocycles. The molecule has 2 aromatic rings. The molecule has 4 heteroatoms. The van der Waals surface area contributed by atoms with E-state index in [0.29, 0.717) is 0 Å². The van der Waals surface area contributed by atoms with Crippen molar-refractivity contribution in [3.05, 3.63) is 96.4 Å². The summed E-state index contributed by atoms with van der Waals surface area (Å²) in [4.78, 5) is 11.0. The molecule has 0 radical (unpaired) electrons. The maximum atomic E-state index is 4.56. The van der Waals surface area contributed by atoms with Gasteiger partial charge in [0.15, 0.2) is 0 Å². The van der Waals surface area contributed by atoms with Crippen LogP contribution in [0.1, 0.15) is 11.3 Å². The summed E-state index contributed by atoms with van der Waals surface area (Å²) < 4.78 is 0. The van der Waals surface area contributed by atoms with Crippen LogP contribution in [-0.2, 0) is 6.42 Å². The molecule has 1 aliphatic rings. The quantitative estimate of drug-likeness (QED) is 0.879. The Balaban J connectivity index is 1.73. The minimum Gasteiger partial charge on any atom is -0.371 e. The lowest BCUT2D eigenvalue weighted by Crippen LogP contribution is -2.31. The maximum Gasteiger partial charge on any atom is 0.141 e. The Morgan fingerprint density at radius 1 is 1.16 bits per heavy atom. The molecule has 0 fully saturated rings. The smallest absolute Gasteiger partial charge is 0.141 e. The van der Waals surface area contributed by atoms with Gasteiger partial charge in [-0.25, -0.2) is 4.99 Å². The van der Waals surface area contributed by atoms with Gasteiger partial charge >= 0.3 is 0 Å². The number of hydrogen-bond acceptors (Lipinski definition) is 4. The van der Waals surface area contributed by atoms with E-state index in [0.717, 1.165) is 41.4 Å². The molecule has 2 heterocycles. The van der Waals surface area contributed by atoms with Crippen LogP contribution in [0.25, 0.3) is 5.57 Å². The third-order valence-electron chi connectivity index (χ3n) is 4.05. The summed E-state index contributed by atoms with van der Waals surface area (Å²) >= 11 is 0. The van der Waals surface area contributed by atoms with Gasteiger partial charge in [0.25, 0.3) is 0 Å². The van der Waals surface area contributed by atoms with Crippen LogP contribution in [0.5, 0.6) is 0 Å². The van der Waals surface area contributed by atoms with Gasteiger partial charge in [-0.2, -0.15) is 0 Å². The van der Waals surface area contributed by atoms with Crippen molar-refractivity contribution in [3.63, 3.8) is 0 Å². The van der Waals surface area contributed by atoms with Gasteiger partial charge in [0.1, 0.15) is 11.6 Å². The molecule has 25 heavy (non-hydrogen) atoms. The fraction of sp³-hybridized carbons (Fsp3) is 0.143. The molecule has 4 nitrogen and oxygen atoms in total. The zero-order valence-electron chi connectivity index (χ0n) is 14.4. The zero-order chi connectivity index (χ0) is 17.5. The summed E-state index contributed by atoms with van der Waals surface area (Å²) in [6.45, 7) is 4.78. The number of aromatic nitrogens is 1. The second kappa shape index (κ2) is 8.11. The average molecular weight is 330 g/mol. The third-order valence-corrected chi connectivity index (χ3v) is 4.05. The largest absolute Gasteiger partial charge is 0.371 e. The average Bonchev–Trinajstić information content (AvgIpc) is 2.67. The van der Waals surface area contributed by atoms with Gasteiger partial charge in [0, 0.05) is 43.7 Å². The van der Waals surface area contributed by atoms with Crippen LogP contribution in [-0.4, -0.2) is 29.7 Å². The van der Waals surface area contributed by atoms with E-state index in [4.69, 9.17) is 0 Å². The molecule has 0 bridgehead atoms. The normalized spacial score (nSPS) is 15.6. The minimum atomic E-state index is 0.809. The number of nitrogens with zero attached hydrogens (tertiary/aromatic N) is 3. The van der Waals surface area contributed by atoms with E-state index in [-0.39, 0.29) is 0 Å². The van der Waals surface area contributed by atoms with Crippen LogP contribution in [0.3, 0.4) is 0 Å². The molecule has 0 amide bonds. The highest BCUT2D eigenvalue weighted by Crippen LogP contribution is 2.25. The molecule has 0 atom stereocenters. The molecule has 1 N–H and O–H groups in total. The molecular formula is C21H22N4. The lowest BCUT2D eigenvalue weighted by atomic mass is 10.1. The van der Waals surface area contributed by atoms with Gasteiger partial charge < -0.3 is 10.2 Å². The van der Waals surface area contributed by atoms with Crippen LogP contribution in [0, 0.1) is 0 Å². The van der Waals surface area contributed by atoms with E-state index in [2.05, 4.69) is 38.9 Å². The zero-order valence-corrected chi connectivity index (χ0v) is 14.4. The van der Waals surface area contributed by atoms with Crippen LogP contribution < -0.4 is 5.32 Å². The number of aliphatic imine (C=N–C) groups is 1. The van der Waals surface area contributed by atoms with E-state index >= 15 is 0 Å². The number of rotatable bonds is 6. The first kappa shape index (κ1) is 16.7. The van der Waals surface area contributed by atoms with Gasteiger partial charge in [-0.05, 0) is 23.8 Å². The first-order valence-corrected chi connectivity index (χ1v) is 8.33. The monoisotopic (exact) mass is 330 g/mol. The van der Waals surface area contributed by atoms with E-state index in [1.54, 1.807) is 0 Å². The molecule has 1 aromatic carbocycles. The van der Waals surface area contributed by atoms with E-state index in [9.17, 15) is 0 Å². The van der Waals surface area contributed by atoms with Gasteiger partial charge in [0.2, 0.25) is 0 Å². The highest BCUT2D eigenvalue weighted by atomic mass is 15.3. The van der Waals surface area contributed by atoms with Crippen LogP contribution in [0.15, 0.2) is 90.1 Å². The lowest BCUT2D eigenvalue weighted by Gasteiger charge is -2.28. The predicted molar refractivity (Wildman–Crippen MR) is 104 cm³/mol. The molecule has 0 spiro atoms. The molecule has 1 aromatic heterocycles. The highest BCUT2D eigenvalue weighted by Gasteiger charge is 2.16. The van der Waals surface area contributed by atoms with Crippen molar-refractivity contribution in [2.45, 2.75) is 6.42 Å². The Labute approximate surface area is 148 Å². The van der Waals surface area contributed by atoms with Crippen molar-refractivity contribution in [1.29, 1.82) is 0 Å². The molecular weight excluding hydrogens is 308 g/mol. The summed E-state index contributed by atoms with van der Waals surface area (Å²) in [6.07, 6.45) is 8.36. The van der Waals surface area contributed by atoms with Crippen molar-refractivity contribution in [1.82, 2.24) is 15.2 Å². The summed E-state index contributed by atoms with van der Waals surface area (Å²) in [7, 11) is 2.01. The number of nitrogens with one attached hydrogen (secondary N) is 1. The fourth-order valence-electron chi connectivity index (χ4n) is 2.74. The molecule has 126 valence electrons. The van der Waals surface area contributed by atoms with Crippen molar-refractivity contribution in [2.75, 3.05) is 13.6 Å². The van der Waals surface area contributed by atoms with Gasteiger partial charge in [-0.15, -0.1) is 0 Å². The number of hydrogen-bond donors (Lipinski definition) is 1. The number of pyridine rings is 1. The first-order valence-electron chi connectivity index (χ1n) is 8.33. The standard InChI is InChI=1S/C21H22N4/c1-3-19(17-9-5-4-6-10-17)21-24-16-13-20(25(21)2)23-15-12-18-11-7-8-14-22-18/h3-11,13-14,16,23H,1,12,15H2,2H3/b21-19+. The second-order valence-electron chi connectivity index (χ2n) is 5.69. The fourth-order valence-corrected chi connectivity index (χ4v) is 2.74. The Bertz CT molecular complexity index is 804. The summed E-state index contributed by atoms with van der Waals surface area (Å²) in [5, 5.41) is 3.47. The van der Waals surface area contributed by atoms with E-state index in [1.165, 1.54) is 0 Å². The highest BCUT2D eigenvalue weighted by molar-refractivity contribution is 5.81. The molecule has 0 unspecified atom stereocenters. The Kier molecular flexibility index (Phi) is 5.42. The van der Waals surface area contributed by atoms with Crippen molar-refractivity contribution >= 4 is 11.8 Å². The second-order valence-corrected chi connectivity index (χ2v) is 5.69. The summed E-state index contributed by atoms with van der Waals surface area (Å²) in [6, 6.07) is 16.2. The molecule has 0 saturated carbocycles. The lowest BCUT2D eigenvalue weighted by molar-refractivity contribution is 0.462. The van der Waals surface area contributed by atoms with Gasteiger partial charge in [0.05, 0.1) is 0 Å². The Morgan fingerprint density at radius 2 is 1.96 bits per heavy atom. The van der Waals surface area contributed by atoms with Crippen LogP contribution in [0.2, 0.25) is 0 Å². The summed E-state index contributed by atoms with van der Waals surface area (Å²) in [5.41, 5.74) is 3.19. The molecule has 3 rings (SSSR count). The van der Waals surface area contributed by atoms with E-state index in [1.807, 2.05) is 68.0 Å². The van der Waals surface area contributed by atoms with E-state index < -0.39 is 0 Å². The van der Waals surface area contributed by atoms with Crippen molar-refractivity contribution < 1.29 is 0 Å². The van der Waals surface area contributed by atoms with Crippen LogP contribution in [0.4, 0.5) is 0 Å². The van der Waals surface area contributed by atoms with Crippen LogP contribution >= 0.6 is 0 Å². The SMILES string of the molecule is C=C/C(=C1/N=CC=C(NCCc2ccccn2)N1C)c1ccccc1. The maximum absolute atomic E-state index is 4.56. The van der Waals surface area contributed by atoms with Gasteiger partial charge in [-0.3, -0.25) is 4.98 Å². The molecule has 1 aliphatic heterocycles. The van der Waals surface area contributed by atoms with Gasteiger partial charge in [-0.1, -0.05) is 49.1 Å². The number of allylic oxidation sites excluding steroid dienone is 3. The Hall–Kier alpha value is -3.14. The third kappa shape index (κ3) is 4.04. The predicted octanol–water partition coefficient (Wildman–Crippen LogP) is 3.63. The Morgan fingerprint density at radius 3 is 2.68 bits per heavy atom. The molecule has 0 aliphatic carbocycles. The first-order chi connectivity index (χ1) is 12.3. The summed E-state index contributed by atoms with van der Waals surface area (Å²) in [5.74, 6) is 1.89. The topological polar surface area (TPSA) is 40.5 Å². The minimum absolute atomic E-state index is 0.809.